The van der Waals surface area contributed by atoms with E-state index in [0.717, 1.165) is 6.42 Å². The SMILES string of the molecule is Cn1c(CNC(=O)c2ccc(Cl)cc2Cl)nnc1SCC(=O)NCCc1ccccc1. The topological polar surface area (TPSA) is 88.9 Å². The summed E-state index contributed by atoms with van der Waals surface area (Å²) in [6, 6.07) is 14.7. The zero-order valence-electron chi connectivity index (χ0n) is 16.8. The number of hydrogen-bond donors (Lipinski definition) is 2. The van der Waals surface area contributed by atoms with Crippen LogP contribution in [0.1, 0.15) is 21.7 Å². The molecule has 31 heavy (non-hydrogen) atoms. The van der Waals surface area contributed by atoms with Gasteiger partial charge in [-0.15, -0.1) is 10.2 Å². The van der Waals surface area contributed by atoms with Crippen molar-refractivity contribution in [3.63, 3.8) is 0 Å². The first-order valence-electron chi connectivity index (χ1n) is 9.49. The van der Waals surface area contributed by atoms with Gasteiger partial charge in [0.1, 0.15) is 0 Å². The van der Waals surface area contributed by atoms with Crippen molar-refractivity contribution in [1.29, 1.82) is 0 Å². The zero-order chi connectivity index (χ0) is 22.2. The van der Waals surface area contributed by atoms with Crippen molar-refractivity contribution in [2.75, 3.05) is 12.3 Å². The maximum atomic E-state index is 12.3. The van der Waals surface area contributed by atoms with E-state index in [4.69, 9.17) is 23.2 Å². The van der Waals surface area contributed by atoms with E-state index in [1.807, 2.05) is 30.3 Å². The van der Waals surface area contributed by atoms with Gasteiger partial charge in [0, 0.05) is 18.6 Å². The summed E-state index contributed by atoms with van der Waals surface area (Å²) in [4.78, 5) is 24.4. The Bertz CT molecular complexity index is 1060. The number of carbonyl (C=O) groups excluding carboxylic acids is 2. The second-order valence-corrected chi connectivity index (χ2v) is 8.43. The Morgan fingerprint density at radius 3 is 2.58 bits per heavy atom. The first-order valence-corrected chi connectivity index (χ1v) is 11.2. The predicted octanol–water partition coefficient (Wildman–Crippen LogP) is 3.50. The van der Waals surface area contributed by atoms with Gasteiger partial charge in [0.15, 0.2) is 11.0 Å². The van der Waals surface area contributed by atoms with Crippen LogP contribution >= 0.6 is 35.0 Å². The second-order valence-electron chi connectivity index (χ2n) is 6.64. The Morgan fingerprint density at radius 1 is 1.06 bits per heavy atom. The molecule has 0 saturated carbocycles. The van der Waals surface area contributed by atoms with Crippen molar-refractivity contribution < 1.29 is 9.59 Å². The lowest BCUT2D eigenvalue weighted by atomic mass is 10.1. The smallest absolute Gasteiger partial charge is 0.253 e. The predicted molar refractivity (Wildman–Crippen MR) is 123 cm³/mol. The van der Waals surface area contributed by atoms with Crippen molar-refractivity contribution in [1.82, 2.24) is 25.4 Å². The van der Waals surface area contributed by atoms with E-state index in [0.29, 0.717) is 28.1 Å². The molecule has 0 spiro atoms. The Balaban J connectivity index is 1.45. The van der Waals surface area contributed by atoms with E-state index in [2.05, 4.69) is 20.8 Å². The van der Waals surface area contributed by atoms with Crippen molar-refractivity contribution >= 4 is 46.8 Å². The van der Waals surface area contributed by atoms with E-state index >= 15 is 0 Å². The summed E-state index contributed by atoms with van der Waals surface area (Å²) in [6.07, 6.45) is 0.780. The van der Waals surface area contributed by atoms with Crippen LogP contribution in [0.4, 0.5) is 0 Å². The number of amides is 2. The molecule has 0 fully saturated rings. The lowest BCUT2D eigenvalue weighted by molar-refractivity contribution is -0.118. The maximum Gasteiger partial charge on any atom is 0.253 e. The summed E-state index contributed by atoms with van der Waals surface area (Å²) in [5.74, 6) is 0.381. The highest BCUT2D eigenvalue weighted by Gasteiger charge is 2.14. The standard InChI is InChI=1S/C21H21Cl2N5O2S/c1-28-18(12-25-20(30)16-8-7-15(22)11-17(16)23)26-27-21(28)31-13-19(29)24-10-9-14-5-3-2-4-6-14/h2-8,11H,9-10,12-13H2,1H3,(H,24,29)(H,25,30). The molecule has 0 aliphatic rings. The molecular weight excluding hydrogens is 457 g/mol. The van der Waals surface area contributed by atoms with Crippen LogP contribution in [0, 0.1) is 0 Å². The average Bonchev–Trinajstić information content (AvgIpc) is 3.10. The summed E-state index contributed by atoms with van der Waals surface area (Å²) < 4.78 is 1.74. The zero-order valence-corrected chi connectivity index (χ0v) is 19.1. The highest BCUT2D eigenvalue weighted by Crippen LogP contribution is 2.21. The maximum absolute atomic E-state index is 12.3. The molecule has 3 rings (SSSR count). The number of thioether (sulfide) groups is 1. The quantitative estimate of drug-likeness (QED) is 0.460. The molecule has 0 aliphatic carbocycles. The normalized spacial score (nSPS) is 10.7. The number of rotatable bonds is 9. The number of nitrogens with zero attached hydrogens (tertiary/aromatic N) is 3. The largest absolute Gasteiger partial charge is 0.355 e. The number of benzene rings is 2. The fourth-order valence-corrected chi connectivity index (χ4v) is 3.98. The Labute approximate surface area is 194 Å². The van der Waals surface area contributed by atoms with Crippen LogP contribution in [0.5, 0.6) is 0 Å². The minimum Gasteiger partial charge on any atom is -0.355 e. The van der Waals surface area contributed by atoms with E-state index in [9.17, 15) is 9.59 Å². The van der Waals surface area contributed by atoms with Gasteiger partial charge in [0.05, 0.1) is 22.9 Å². The number of halogens is 2. The van der Waals surface area contributed by atoms with Gasteiger partial charge in [-0.05, 0) is 30.2 Å². The van der Waals surface area contributed by atoms with Crippen molar-refractivity contribution in [2.45, 2.75) is 18.1 Å². The molecule has 10 heteroatoms. The van der Waals surface area contributed by atoms with Crippen molar-refractivity contribution in [3.05, 3.63) is 75.5 Å². The fourth-order valence-electron chi connectivity index (χ4n) is 2.72. The third-order valence-corrected chi connectivity index (χ3v) is 5.99. The fraction of sp³-hybridized carbons (Fsp3) is 0.238. The van der Waals surface area contributed by atoms with E-state index < -0.39 is 0 Å². The van der Waals surface area contributed by atoms with Crippen LogP contribution in [-0.4, -0.2) is 38.9 Å². The first kappa shape index (κ1) is 23.1. The lowest BCUT2D eigenvalue weighted by Crippen LogP contribution is -2.27. The summed E-state index contributed by atoms with van der Waals surface area (Å²) in [5, 5.41) is 15.2. The van der Waals surface area contributed by atoms with Crippen LogP contribution in [0.15, 0.2) is 53.7 Å². The van der Waals surface area contributed by atoms with Gasteiger partial charge in [0.25, 0.3) is 5.91 Å². The lowest BCUT2D eigenvalue weighted by Gasteiger charge is -2.08. The molecule has 2 aromatic carbocycles. The highest BCUT2D eigenvalue weighted by atomic mass is 35.5. The molecule has 1 aromatic heterocycles. The van der Waals surface area contributed by atoms with Gasteiger partial charge in [0.2, 0.25) is 5.91 Å². The highest BCUT2D eigenvalue weighted by molar-refractivity contribution is 7.99. The monoisotopic (exact) mass is 477 g/mol. The van der Waals surface area contributed by atoms with E-state index in [1.165, 1.54) is 23.4 Å². The molecule has 7 nitrogen and oxygen atoms in total. The number of hydrogen-bond acceptors (Lipinski definition) is 5. The third kappa shape index (κ3) is 6.72. The van der Waals surface area contributed by atoms with Crippen LogP contribution in [0.2, 0.25) is 10.0 Å². The molecule has 0 atom stereocenters. The molecule has 0 unspecified atom stereocenters. The summed E-state index contributed by atoms with van der Waals surface area (Å²) in [7, 11) is 1.78. The van der Waals surface area contributed by atoms with Gasteiger partial charge >= 0.3 is 0 Å². The molecule has 0 aliphatic heterocycles. The molecule has 0 bridgehead atoms. The third-order valence-electron chi connectivity index (χ3n) is 4.42. The molecule has 0 saturated heterocycles. The summed E-state index contributed by atoms with van der Waals surface area (Å²) >= 11 is 13.2. The molecule has 2 N–H and O–H groups in total. The van der Waals surface area contributed by atoms with Crippen LogP contribution < -0.4 is 10.6 Å². The molecule has 1 heterocycles. The van der Waals surface area contributed by atoms with Gasteiger partial charge in [-0.3, -0.25) is 9.59 Å². The van der Waals surface area contributed by atoms with Crippen LogP contribution in [0.3, 0.4) is 0 Å². The average molecular weight is 478 g/mol. The number of nitrogens with one attached hydrogen (secondary N) is 2. The first-order chi connectivity index (χ1) is 14.9. The molecule has 3 aromatic rings. The van der Waals surface area contributed by atoms with Gasteiger partial charge in [-0.25, -0.2) is 0 Å². The van der Waals surface area contributed by atoms with Crippen LogP contribution in [0.25, 0.3) is 0 Å². The second kappa shape index (κ2) is 11.2. The molecule has 2 amide bonds. The summed E-state index contributed by atoms with van der Waals surface area (Å²) in [5.41, 5.74) is 1.50. The van der Waals surface area contributed by atoms with Gasteiger partial charge in [-0.2, -0.15) is 0 Å². The van der Waals surface area contributed by atoms with Crippen molar-refractivity contribution in [3.8, 4) is 0 Å². The number of carbonyl (C=O) groups is 2. The molecule has 162 valence electrons. The molecule has 0 radical (unpaired) electrons. The van der Waals surface area contributed by atoms with Gasteiger partial charge < -0.3 is 15.2 Å². The van der Waals surface area contributed by atoms with Gasteiger partial charge in [-0.1, -0.05) is 65.3 Å². The van der Waals surface area contributed by atoms with Crippen molar-refractivity contribution in [2.24, 2.45) is 7.05 Å². The Hall–Kier alpha value is -2.55. The minimum absolute atomic E-state index is 0.0730. The Kier molecular flexibility index (Phi) is 8.34. The van der Waals surface area contributed by atoms with E-state index in [1.54, 1.807) is 23.7 Å². The number of aromatic nitrogens is 3. The summed E-state index contributed by atoms with van der Waals surface area (Å²) in [6.45, 7) is 0.748. The minimum atomic E-state index is -0.336. The Morgan fingerprint density at radius 2 is 1.84 bits per heavy atom. The molecular formula is C21H21Cl2N5O2S. The van der Waals surface area contributed by atoms with E-state index in [-0.39, 0.29) is 29.1 Å². The van der Waals surface area contributed by atoms with Crippen LogP contribution in [-0.2, 0) is 24.8 Å².